The Balaban J connectivity index is 0.00000149. The number of aliphatic imine (C=N–C) groups is 1. The number of methoxy groups -OCH3 is 1. The van der Waals surface area contributed by atoms with Gasteiger partial charge in [0.2, 0.25) is 0 Å². The molecule has 1 aromatic carbocycles. The van der Waals surface area contributed by atoms with Crippen molar-refractivity contribution < 1.29 is 30.7 Å². The molecule has 23 heavy (non-hydrogen) atoms. The summed E-state index contributed by atoms with van der Waals surface area (Å²) in [6, 6.07) is 4.12. The Labute approximate surface area is 160 Å². The number of benzene rings is 1. The Bertz CT molecular complexity index is 504. The second-order valence-electron chi connectivity index (χ2n) is 6.18. The van der Waals surface area contributed by atoms with Crippen molar-refractivity contribution in [2.24, 2.45) is 4.99 Å². The van der Waals surface area contributed by atoms with Crippen molar-refractivity contribution in [2.45, 2.75) is 52.4 Å². The van der Waals surface area contributed by atoms with Crippen LogP contribution in [0.4, 0.5) is 0 Å². The van der Waals surface area contributed by atoms with Crippen molar-refractivity contribution in [1.29, 1.82) is 0 Å². The SMILES string of the molecule is CCC(CC)N=Cc1cc(OC)cc([Si](C)(C)C)c1O.[Cl][Zr][Cl]. The van der Waals surface area contributed by atoms with E-state index in [0.29, 0.717) is 11.8 Å². The van der Waals surface area contributed by atoms with Crippen LogP contribution in [0.2, 0.25) is 19.6 Å². The summed E-state index contributed by atoms with van der Waals surface area (Å²) in [6.07, 6.45) is 3.82. The van der Waals surface area contributed by atoms with Gasteiger partial charge in [0.05, 0.1) is 15.2 Å². The van der Waals surface area contributed by atoms with E-state index in [1.54, 1.807) is 13.3 Å². The van der Waals surface area contributed by atoms with Gasteiger partial charge in [-0.2, -0.15) is 0 Å². The Hall–Kier alpha value is 0.170. The number of hydrogen-bond donors (Lipinski definition) is 1. The van der Waals surface area contributed by atoms with Crippen LogP contribution in [0.15, 0.2) is 17.1 Å². The summed E-state index contributed by atoms with van der Waals surface area (Å²) in [5.74, 6) is 1.14. The first-order valence-electron chi connectivity index (χ1n) is 7.65. The van der Waals surface area contributed by atoms with Crippen LogP contribution in [0, 0.1) is 0 Å². The third-order valence-electron chi connectivity index (χ3n) is 3.52. The molecule has 1 aromatic rings. The number of halogens is 2. The number of phenols is 1. The third-order valence-corrected chi connectivity index (χ3v) is 5.52. The van der Waals surface area contributed by atoms with Crippen molar-refractivity contribution in [1.82, 2.24) is 0 Å². The van der Waals surface area contributed by atoms with Crippen LogP contribution >= 0.6 is 17.0 Å². The minimum atomic E-state index is -1.62. The predicted octanol–water partition coefficient (Wildman–Crippen LogP) is 4.93. The molecule has 0 radical (unpaired) electrons. The summed E-state index contributed by atoms with van der Waals surface area (Å²) in [7, 11) is 9.90. The monoisotopic (exact) mass is 453 g/mol. The summed E-state index contributed by atoms with van der Waals surface area (Å²) in [4.78, 5) is 4.57. The topological polar surface area (TPSA) is 41.8 Å². The van der Waals surface area contributed by atoms with Crippen molar-refractivity contribution in [3.05, 3.63) is 17.7 Å². The molecule has 0 saturated heterocycles. The molecule has 0 unspecified atom stereocenters. The Kier molecular flexibility index (Phi) is 11.8. The number of rotatable bonds is 6. The summed E-state index contributed by atoms with van der Waals surface area (Å²) in [5.41, 5.74) is 0.758. The molecule has 3 nitrogen and oxygen atoms in total. The number of ether oxygens (including phenoxy) is 1. The van der Waals surface area contributed by atoms with Crippen LogP contribution < -0.4 is 9.92 Å². The molecule has 0 bridgehead atoms. The fourth-order valence-corrected chi connectivity index (χ4v) is 3.53. The zero-order chi connectivity index (χ0) is 18.0. The van der Waals surface area contributed by atoms with Gasteiger partial charge in [-0.05, 0) is 30.2 Å². The zero-order valence-corrected chi connectivity index (χ0v) is 19.8. The molecule has 0 spiro atoms. The fraction of sp³-hybridized carbons (Fsp3) is 0.562. The average Bonchev–Trinajstić information content (AvgIpc) is 2.49. The zero-order valence-electron chi connectivity index (χ0n) is 14.8. The van der Waals surface area contributed by atoms with Gasteiger partial charge in [0.15, 0.2) is 0 Å². The first-order chi connectivity index (χ1) is 10.7. The first-order valence-corrected chi connectivity index (χ1v) is 17.5. The Morgan fingerprint density at radius 1 is 1.26 bits per heavy atom. The van der Waals surface area contributed by atoms with Gasteiger partial charge in [-0.15, -0.1) is 0 Å². The molecule has 0 aliphatic heterocycles. The maximum absolute atomic E-state index is 10.5. The molecule has 0 saturated carbocycles. The molecule has 0 aliphatic carbocycles. The molecule has 1 N–H and O–H groups in total. The summed E-state index contributed by atoms with van der Waals surface area (Å²) < 4.78 is 5.35. The van der Waals surface area contributed by atoms with E-state index in [9.17, 15) is 5.11 Å². The van der Waals surface area contributed by atoms with Crippen LogP contribution in [0.25, 0.3) is 0 Å². The van der Waals surface area contributed by atoms with Gasteiger partial charge in [-0.1, -0.05) is 33.5 Å². The molecular weight excluding hydrogens is 428 g/mol. The molecule has 0 amide bonds. The molecule has 0 heterocycles. The van der Waals surface area contributed by atoms with Gasteiger partial charge < -0.3 is 9.84 Å². The number of hydrogen-bond acceptors (Lipinski definition) is 3. The Morgan fingerprint density at radius 2 is 1.78 bits per heavy atom. The first kappa shape index (κ1) is 23.2. The average molecular weight is 456 g/mol. The third kappa shape index (κ3) is 8.20. The van der Waals surface area contributed by atoms with E-state index < -0.39 is 28.9 Å². The van der Waals surface area contributed by atoms with Crippen LogP contribution in [0.3, 0.4) is 0 Å². The van der Waals surface area contributed by atoms with Crippen LogP contribution in [-0.4, -0.2) is 32.5 Å². The molecule has 7 heteroatoms. The van der Waals surface area contributed by atoms with E-state index in [-0.39, 0.29) is 0 Å². The quantitative estimate of drug-likeness (QED) is 0.488. The van der Waals surface area contributed by atoms with Crippen molar-refractivity contribution >= 4 is 36.5 Å². The normalized spacial score (nSPS) is 11.3. The van der Waals surface area contributed by atoms with Gasteiger partial charge in [0, 0.05) is 17.8 Å². The van der Waals surface area contributed by atoms with E-state index >= 15 is 0 Å². The maximum atomic E-state index is 10.5. The van der Waals surface area contributed by atoms with Crippen molar-refractivity contribution in [3.63, 3.8) is 0 Å². The van der Waals surface area contributed by atoms with E-state index in [1.165, 1.54) is 0 Å². The number of aromatic hydroxyl groups is 1. The van der Waals surface area contributed by atoms with Crippen molar-refractivity contribution in [3.8, 4) is 11.5 Å². The van der Waals surface area contributed by atoms with Gasteiger partial charge in [0.25, 0.3) is 0 Å². The predicted molar refractivity (Wildman–Crippen MR) is 101 cm³/mol. The fourth-order valence-electron chi connectivity index (χ4n) is 2.10. The van der Waals surface area contributed by atoms with Gasteiger partial charge in [0.1, 0.15) is 11.5 Å². The summed E-state index contributed by atoms with van der Waals surface area (Å²) in [6.45, 7) is 10.9. The van der Waals surface area contributed by atoms with Gasteiger partial charge >= 0.3 is 37.9 Å². The second-order valence-corrected chi connectivity index (χ2v) is 15.0. The van der Waals surface area contributed by atoms with Gasteiger partial charge in [-0.3, -0.25) is 4.99 Å². The molecular formula is C16H27Cl2NO2SiZr. The number of nitrogens with zero attached hydrogens (tertiary/aromatic N) is 1. The second kappa shape index (κ2) is 11.7. The standard InChI is InChI=1S/C16H27NO2Si.2ClH.Zr/c1-7-13(8-2)17-11-12-9-14(19-3)10-15(16(12)18)20(4,5)6;;;/h9-11,13,18H,7-8H2,1-6H3;2*1H;/q;;;+2/p-2. The van der Waals surface area contributed by atoms with Crippen molar-refractivity contribution in [2.75, 3.05) is 7.11 Å². The summed E-state index contributed by atoms with van der Waals surface area (Å²) in [5, 5.41) is 11.5. The molecule has 130 valence electrons. The molecule has 0 atom stereocenters. The van der Waals surface area contributed by atoms with Crippen LogP contribution in [0.1, 0.15) is 32.3 Å². The van der Waals surface area contributed by atoms with Gasteiger partial charge in [-0.25, -0.2) is 0 Å². The molecule has 1 rings (SSSR count). The van der Waals surface area contributed by atoms with E-state index in [1.807, 2.05) is 12.1 Å². The van der Waals surface area contributed by atoms with Crippen LogP contribution in [0.5, 0.6) is 11.5 Å². The van der Waals surface area contributed by atoms with E-state index in [2.05, 4.69) is 38.5 Å². The molecule has 0 aliphatic rings. The van der Waals surface area contributed by atoms with E-state index in [4.69, 9.17) is 21.8 Å². The summed E-state index contributed by atoms with van der Waals surface area (Å²) >= 11 is -0.826. The van der Waals surface area contributed by atoms with E-state index in [0.717, 1.165) is 29.3 Å². The number of phenolic OH excluding ortho intramolecular Hbond substituents is 1. The molecule has 0 aromatic heterocycles. The minimum absolute atomic E-state index is 0.316. The van der Waals surface area contributed by atoms with Crippen LogP contribution in [-0.2, 0) is 20.8 Å². The Morgan fingerprint density at radius 3 is 2.17 bits per heavy atom. The molecule has 0 fully saturated rings.